The number of piperazine rings is 1. The molecule has 2 amide bonds. The maximum atomic E-state index is 11.5. The van der Waals surface area contributed by atoms with Crippen molar-refractivity contribution in [2.24, 2.45) is 0 Å². The van der Waals surface area contributed by atoms with Crippen LogP contribution in [0.4, 0.5) is 9.59 Å². The summed E-state index contributed by atoms with van der Waals surface area (Å²) in [7, 11) is 1.30. The molecule has 150 valence electrons. The molecule has 0 radical (unpaired) electrons. The van der Waals surface area contributed by atoms with Crippen molar-refractivity contribution in [3.8, 4) is 5.88 Å². The summed E-state index contributed by atoms with van der Waals surface area (Å²) in [6.45, 7) is 2.97. The van der Waals surface area contributed by atoms with Crippen molar-refractivity contribution >= 4 is 18.2 Å². The lowest BCUT2D eigenvalue weighted by Gasteiger charge is -2.38. The van der Waals surface area contributed by atoms with E-state index in [9.17, 15) is 19.5 Å². The van der Waals surface area contributed by atoms with Crippen LogP contribution in [0, 0.1) is 0 Å². The largest absolute Gasteiger partial charge is 0.476 e. The molecule has 0 aromatic carbocycles. The lowest BCUT2D eigenvalue weighted by atomic mass is 10.1. The van der Waals surface area contributed by atoms with E-state index in [1.54, 1.807) is 10.9 Å². The van der Waals surface area contributed by atoms with E-state index in [0.717, 1.165) is 0 Å². The number of ether oxygens (including phenoxy) is 2. The van der Waals surface area contributed by atoms with Gasteiger partial charge < -0.3 is 29.5 Å². The number of aryl methyl sites for hydroxylation is 1. The van der Waals surface area contributed by atoms with Crippen LogP contribution in [0.3, 0.4) is 0 Å². The molecule has 0 bridgehead atoms. The number of aromatic nitrogens is 2. The van der Waals surface area contributed by atoms with Crippen molar-refractivity contribution in [2.75, 3.05) is 33.4 Å². The van der Waals surface area contributed by atoms with Gasteiger partial charge in [0.2, 0.25) is 5.88 Å². The summed E-state index contributed by atoms with van der Waals surface area (Å²) in [5.41, 5.74) is 0.578. The van der Waals surface area contributed by atoms with Crippen LogP contribution in [-0.4, -0.2) is 87.3 Å². The molecule has 0 aliphatic carbocycles. The Kier molecular flexibility index (Phi) is 6.85. The zero-order valence-electron chi connectivity index (χ0n) is 15.3. The van der Waals surface area contributed by atoms with E-state index >= 15 is 0 Å². The lowest BCUT2D eigenvalue weighted by molar-refractivity contribution is -0.139. The third-order valence-corrected chi connectivity index (χ3v) is 4.37. The zero-order valence-corrected chi connectivity index (χ0v) is 15.3. The molecule has 1 fully saturated rings. The van der Waals surface area contributed by atoms with Crippen LogP contribution in [0.2, 0.25) is 0 Å². The molecule has 1 aromatic rings. The first kappa shape index (κ1) is 20.3. The van der Waals surface area contributed by atoms with Crippen LogP contribution in [-0.2, 0) is 22.5 Å². The smallest absolute Gasteiger partial charge is 0.407 e. The first-order chi connectivity index (χ1) is 12.8. The second kappa shape index (κ2) is 9.10. The van der Waals surface area contributed by atoms with Gasteiger partial charge in [0, 0.05) is 44.4 Å². The maximum Gasteiger partial charge on any atom is 0.407 e. The van der Waals surface area contributed by atoms with E-state index in [4.69, 9.17) is 9.84 Å². The molecule has 1 aliphatic heterocycles. The number of rotatable bonds is 7. The first-order valence-corrected chi connectivity index (χ1v) is 8.59. The number of hydrogen-bond acceptors (Lipinski definition) is 6. The summed E-state index contributed by atoms with van der Waals surface area (Å²) in [4.78, 5) is 36.5. The van der Waals surface area contributed by atoms with Crippen molar-refractivity contribution in [1.82, 2.24) is 19.6 Å². The quantitative estimate of drug-likeness (QED) is 0.657. The normalized spacial score (nSPS) is 16.9. The summed E-state index contributed by atoms with van der Waals surface area (Å²) >= 11 is 0. The monoisotopic (exact) mass is 384 g/mol. The van der Waals surface area contributed by atoms with E-state index in [1.807, 2.05) is 6.92 Å². The van der Waals surface area contributed by atoms with E-state index < -0.39 is 24.2 Å². The Labute approximate surface area is 156 Å². The van der Waals surface area contributed by atoms with Crippen LogP contribution in [0.15, 0.2) is 6.20 Å². The molecule has 0 spiro atoms. The number of hydrogen-bond donors (Lipinski definition) is 2. The third kappa shape index (κ3) is 5.25. The topological polar surface area (TPSA) is 134 Å². The Morgan fingerprint density at radius 2 is 2.00 bits per heavy atom. The van der Waals surface area contributed by atoms with Crippen molar-refractivity contribution in [1.29, 1.82) is 0 Å². The Bertz CT molecular complexity index is 690. The highest BCUT2D eigenvalue weighted by Gasteiger charge is 2.32. The van der Waals surface area contributed by atoms with Crippen LogP contribution in [0.1, 0.15) is 18.9 Å². The molecule has 1 saturated heterocycles. The van der Waals surface area contributed by atoms with E-state index in [2.05, 4.69) is 9.84 Å². The average Bonchev–Trinajstić information content (AvgIpc) is 3.03. The van der Waals surface area contributed by atoms with Gasteiger partial charge in [0.05, 0.1) is 26.2 Å². The number of amides is 2. The Morgan fingerprint density at radius 3 is 2.59 bits per heavy atom. The number of methoxy groups -OCH3 is 1. The molecule has 2 rings (SSSR count). The second-order valence-corrected chi connectivity index (χ2v) is 6.06. The van der Waals surface area contributed by atoms with Crippen LogP contribution >= 0.6 is 0 Å². The minimum absolute atomic E-state index is 0.0172. The lowest BCUT2D eigenvalue weighted by Crippen LogP contribution is -2.56. The van der Waals surface area contributed by atoms with Crippen LogP contribution in [0.5, 0.6) is 5.88 Å². The van der Waals surface area contributed by atoms with E-state index in [0.29, 0.717) is 18.5 Å². The van der Waals surface area contributed by atoms with E-state index in [1.165, 1.54) is 16.9 Å². The molecule has 0 saturated carbocycles. The number of carbonyl (C=O) groups excluding carboxylic acids is 1. The van der Waals surface area contributed by atoms with Gasteiger partial charge in [-0.1, -0.05) is 0 Å². The molecule has 27 heavy (non-hydrogen) atoms. The van der Waals surface area contributed by atoms with Gasteiger partial charge in [-0.2, -0.15) is 0 Å². The first-order valence-electron chi connectivity index (χ1n) is 8.59. The fourth-order valence-electron chi connectivity index (χ4n) is 2.90. The molecule has 11 nitrogen and oxygen atoms in total. The van der Waals surface area contributed by atoms with Crippen molar-refractivity contribution in [3.05, 3.63) is 11.8 Å². The Morgan fingerprint density at radius 1 is 1.26 bits per heavy atom. The summed E-state index contributed by atoms with van der Waals surface area (Å²) < 4.78 is 12.0. The van der Waals surface area contributed by atoms with Gasteiger partial charge in [-0.25, -0.2) is 9.59 Å². The van der Waals surface area contributed by atoms with Gasteiger partial charge >= 0.3 is 18.2 Å². The second-order valence-electron chi connectivity index (χ2n) is 6.06. The molecule has 2 heterocycles. The predicted molar refractivity (Wildman–Crippen MR) is 91.8 cm³/mol. The van der Waals surface area contributed by atoms with Gasteiger partial charge in [-0.15, -0.1) is 5.10 Å². The molecular weight excluding hydrogens is 360 g/mol. The molecule has 0 unspecified atom stereocenters. The molecule has 1 aromatic heterocycles. The van der Waals surface area contributed by atoms with Gasteiger partial charge in [0.1, 0.15) is 0 Å². The SMILES string of the molecule is CCn1cc(CC(=O)OC)c(OCC[C@@H]2CN(C(=O)O)CCN2C(=O)O)n1. The van der Waals surface area contributed by atoms with Gasteiger partial charge in [0.25, 0.3) is 0 Å². The molecule has 2 N–H and O–H groups in total. The molecule has 1 aliphatic rings. The van der Waals surface area contributed by atoms with Gasteiger partial charge in [-0.05, 0) is 6.92 Å². The minimum Gasteiger partial charge on any atom is -0.476 e. The zero-order chi connectivity index (χ0) is 20.0. The van der Waals surface area contributed by atoms with Crippen molar-refractivity contribution in [2.45, 2.75) is 32.4 Å². The summed E-state index contributed by atoms with van der Waals surface area (Å²) in [5, 5.41) is 22.7. The highest BCUT2D eigenvalue weighted by atomic mass is 16.5. The molecular formula is C16H24N4O7. The number of esters is 1. The van der Waals surface area contributed by atoms with Crippen molar-refractivity contribution < 1.29 is 34.1 Å². The summed E-state index contributed by atoms with van der Waals surface area (Å²) in [6, 6.07) is -0.510. The standard InChI is InChI=1S/C16H24N4O7/c1-3-19-9-11(8-13(21)26-2)14(17-19)27-7-4-12-10-18(15(22)23)5-6-20(12)16(24)25/h9,12H,3-8,10H2,1-2H3,(H,22,23)(H,24,25)/t12-/m1/s1. The Hall–Kier alpha value is -2.98. The summed E-state index contributed by atoms with van der Waals surface area (Å²) in [6.07, 6.45) is -0.154. The van der Waals surface area contributed by atoms with Crippen molar-refractivity contribution in [3.63, 3.8) is 0 Å². The molecule has 1 atom stereocenters. The van der Waals surface area contributed by atoms with E-state index in [-0.39, 0.29) is 38.5 Å². The summed E-state index contributed by atoms with van der Waals surface area (Å²) in [5.74, 6) is -0.132. The van der Waals surface area contributed by atoms with Gasteiger partial charge in [0.15, 0.2) is 0 Å². The number of carbonyl (C=O) groups is 3. The highest BCUT2D eigenvalue weighted by Crippen LogP contribution is 2.19. The van der Waals surface area contributed by atoms with Crippen LogP contribution in [0.25, 0.3) is 0 Å². The fourth-order valence-corrected chi connectivity index (χ4v) is 2.90. The molecule has 11 heteroatoms. The Balaban J connectivity index is 2.00. The minimum atomic E-state index is -1.09. The van der Waals surface area contributed by atoms with Gasteiger partial charge in [-0.3, -0.25) is 9.48 Å². The maximum absolute atomic E-state index is 11.5. The predicted octanol–water partition coefficient (Wildman–Crippen LogP) is 0.730. The highest BCUT2D eigenvalue weighted by molar-refractivity contribution is 5.73. The number of nitrogens with zero attached hydrogens (tertiary/aromatic N) is 4. The third-order valence-electron chi connectivity index (χ3n) is 4.37. The average molecular weight is 384 g/mol. The number of carboxylic acid groups (broad SMARTS) is 2. The fraction of sp³-hybridized carbons (Fsp3) is 0.625. The van der Waals surface area contributed by atoms with Crippen LogP contribution < -0.4 is 4.74 Å².